The second-order valence-corrected chi connectivity index (χ2v) is 13.2. The van der Waals surface area contributed by atoms with Crippen molar-refractivity contribution in [3.63, 3.8) is 0 Å². The minimum Gasteiger partial charge on any atom is -0.333 e. The summed E-state index contributed by atoms with van der Waals surface area (Å²) in [6.07, 6.45) is 5.93. The predicted octanol–water partition coefficient (Wildman–Crippen LogP) is 12.9. The number of fused-ring (bicyclic) bond motifs is 7. The standard InChI is InChI=1S/C48H33N/c1-3-13-32(14-4-1)33-23-25-35(26-24-33)46-40-20-9-10-21-41(40)47(48-38-18-8-7-15-34(38)27-29-42(46)48)36-28-30-45-43(31-36)39-19-11-12-22-44(39)49(45)37-16-5-2-6-17-37/h1-29,31,45H,30H2. The van der Waals surface area contributed by atoms with Gasteiger partial charge < -0.3 is 4.90 Å². The number of rotatable bonds is 4. The zero-order valence-corrected chi connectivity index (χ0v) is 27.1. The van der Waals surface area contributed by atoms with Crippen LogP contribution in [0.1, 0.15) is 17.5 Å². The van der Waals surface area contributed by atoms with E-state index in [-0.39, 0.29) is 6.04 Å². The van der Waals surface area contributed by atoms with E-state index in [2.05, 4.69) is 187 Å². The van der Waals surface area contributed by atoms with Crippen molar-refractivity contribution in [1.82, 2.24) is 0 Å². The van der Waals surface area contributed by atoms with Gasteiger partial charge in [-0.1, -0.05) is 158 Å². The van der Waals surface area contributed by atoms with Crippen LogP contribution < -0.4 is 4.90 Å². The van der Waals surface area contributed by atoms with Gasteiger partial charge in [0.15, 0.2) is 0 Å². The summed E-state index contributed by atoms with van der Waals surface area (Å²) in [7, 11) is 0. The highest BCUT2D eigenvalue weighted by Crippen LogP contribution is 2.51. The maximum Gasteiger partial charge on any atom is 0.0633 e. The molecule has 0 aromatic heterocycles. The lowest BCUT2D eigenvalue weighted by molar-refractivity contribution is 0.831. The Bertz CT molecular complexity index is 2610. The highest BCUT2D eigenvalue weighted by Gasteiger charge is 2.36. The molecular weight excluding hydrogens is 591 g/mol. The zero-order chi connectivity index (χ0) is 32.3. The summed E-state index contributed by atoms with van der Waals surface area (Å²) in [6.45, 7) is 0. The van der Waals surface area contributed by atoms with Crippen molar-refractivity contribution >= 4 is 54.8 Å². The van der Waals surface area contributed by atoms with E-state index in [0.717, 1.165) is 6.42 Å². The second-order valence-electron chi connectivity index (χ2n) is 13.2. The Morgan fingerprint density at radius 3 is 1.86 bits per heavy atom. The van der Waals surface area contributed by atoms with Crippen LogP contribution in [0.15, 0.2) is 182 Å². The van der Waals surface area contributed by atoms with E-state index >= 15 is 0 Å². The lowest BCUT2D eigenvalue weighted by Gasteiger charge is -2.30. The lowest BCUT2D eigenvalue weighted by Crippen LogP contribution is -2.27. The van der Waals surface area contributed by atoms with Gasteiger partial charge in [0.25, 0.3) is 0 Å². The molecule has 1 aliphatic heterocycles. The fraction of sp³-hybridized carbons (Fsp3) is 0.0417. The van der Waals surface area contributed by atoms with Gasteiger partial charge in [0.1, 0.15) is 0 Å². The van der Waals surface area contributed by atoms with Crippen LogP contribution in [0.3, 0.4) is 0 Å². The molecule has 0 saturated heterocycles. The molecule has 10 rings (SSSR count). The van der Waals surface area contributed by atoms with Crippen LogP contribution in [-0.2, 0) is 0 Å². The number of hydrogen-bond donors (Lipinski definition) is 0. The summed E-state index contributed by atoms with van der Waals surface area (Å²) < 4.78 is 0. The monoisotopic (exact) mass is 623 g/mol. The molecule has 0 fully saturated rings. The molecule has 0 bridgehead atoms. The first-order valence-corrected chi connectivity index (χ1v) is 17.2. The first-order valence-electron chi connectivity index (χ1n) is 17.2. The first kappa shape index (κ1) is 27.9. The van der Waals surface area contributed by atoms with Gasteiger partial charge in [-0.3, -0.25) is 0 Å². The Hall–Kier alpha value is -6.18. The largest absolute Gasteiger partial charge is 0.333 e. The molecule has 1 heteroatoms. The molecule has 0 radical (unpaired) electrons. The van der Waals surface area contributed by atoms with E-state index in [4.69, 9.17) is 0 Å². The van der Waals surface area contributed by atoms with Crippen LogP contribution in [0.25, 0.3) is 65.7 Å². The van der Waals surface area contributed by atoms with Crippen molar-refractivity contribution in [2.75, 3.05) is 4.90 Å². The maximum absolute atomic E-state index is 2.53. The van der Waals surface area contributed by atoms with Crippen molar-refractivity contribution in [1.29, 1.82) is 0 Å². The average Bonchev–Trinajstić information content (AvgIpc) is 3.51. The molecular formula is C48H33N. The van der Waals surface area contributed by atoms with Gasteiger partial charge in [0, 0.05) is 16.9 Å². The first-order chi connectivity index (χ1) is 24.3. The Morgan fingerprint density at radius 1 is 0.449 bits per heavy atom. The van der Waals surface area contributed by atoms with Gasteiger partial charge >= 0.3 is 0 Å². The quantitative estimate of drug-likeness (QED) is 0.139. The molecule has 0 spiro atoms. The molecule has 0 saturated carbocycles. The van der Waals surface area contributed by atoms with E-state index in [1.807, 2.05) is 0 Å². The molecule has 2 aliphatic rings. The summed E-state index contributed by atoms with van der Waals surface area (Å²) in [5.41, 5.74) is 12.9. The third-order valence-electron chi connectivity index (χ3n) is 10.5. The van der Waals surface area contributed by atoms with E-state index in [1.54, 1.807) is 0 Å². The smallest absolute Gasteiger partial charge is 0.0633 e. The minimum atomic E-state index is 0.264. The van der Waals surface area contributed by atoms with Gasteiger partial charge in [-0.15, -0.1) is 0 Å². The molecule has 1 nitrogen and oxygen atoms in total. The number of benzene rings is 8. The molecule has 49 heavy (non-hydrogen) atoms. The van der Waals surface area contributed by atoms with Gasteiger partial charge in [0.05, 0.1) is 6.04 Å². The van der Waals surface area contributed by atoms with Crippen LogP contribution in [-0.4, -0.2) is 6.04 Å². The van der Waals surface area contributed by atoms with Gasteiger partial charge in [0.2, 0.25) is 0 Å². The fourth-order valence-corrected chi connectivity index (χ4v) is 8.39. The van der Waals surface area contributed by atoms with Crippen molar-refractivity contribution in [3.8, 4) is 22.3 Å². The van der Waals surface area contributed by atoms with Gasteiger partial charge in [-0.05, 0) is 102 Å². The summed E-state index contributed by atoms with van der Waals surface area (Å²) in [6, 6.07) is 62.4. The number of anilines is 2. The summed E-state index contributed by atoms with van der Waals surface area (Å²) >= 11 is 0. The van der Waals surface area contributed by atoms with Gasteiger partial charge in [-0.25, -0.2) is 0 Å². The molecule has 1 aliphatic carbocycles. The zero-order valence-electron chi connectivity index (χ0n) is 27.1. The summed E-state index contributed by atoms with van der Waals surface area (Å²) in [5.74, 6) is 0. The maximum atomic E-state index is 2.53. The number of nitrogens with zero attached hydrogens (tertiary/aromatic N) is 1. The predicted molar refractivity (Wildman–Crippen MR) is 209 cm³/mol. The summed E-state index contributed by atoms with van der Waals surface area (Å²) in [5, 5.41) is 7.75. The average molecular weight is 624 g/mol. The fourth-order valence-electron chi connectivity index (χ4n) is 8.39. The normalized spacial score (nSPS) is 15.3. The highest BCUT2D eigenvalue weighted by atomic mass is 15.2. The lowest BCUT2D eigenvalue weighted by atomic mass is 9.81. The molecule has 8 aromatic carbocycles. The SMILES string of the molecule is C1=C(c2c3ccccc3c(-c3ccc(-c4ccccc4)cc3)c3ccc4ccccc4c23)C=C2c3ccccc3N(c3ccccc3)C2C1. The number of para-hydroxylation sites is 2. The Morgan fingerprint density at radius 2 is 1.06 bits per heavy atom. The van der Waals surface area contributed by atoms with E-state index < -0.39 is 0 Å². The Balaban J connectivity index is 1.22. The third-order valence-corrected chi connectivity index (χ3v) is 10.5. The van der Waals surface area contributed by atoms with Crippen molar-refractivity contribution in [2.24, 2.45) is 0 Å². The molecule has 1 unspecified atom stereocenters. The van der Waals surface area contributed by atoms with Crippen LogP contribution in [0, 0.1) is 0 Å². The van der Waals surface area contributed by atoms with Crippen LogP contribution >= 0.6 is 0 Å². The van der Waals surface area contributed by atoms with E-state index in [9.17, 15) is 0 Å². The Kier molecular flexibility index (Phi) is 6.38. The van der Waals surface area contributed by atoms with E-state index in [1.165, 1.54) is 88.2 Å². The van der Waals surface area contributed by atoms with Crippen molar-refractivity contribution < 1.29 is 0 Å². The Labute approximate surface area is 286 Å². The molecule has 230 valence electrons. The van der Waals surface area contributed by atoms with Crippen LogP contribution in [0.4, 0.5) is 11.4 Å². The van der Waals surface area contributed by atoms with Crippen molar-refractivity contribution in [3.05, 3.63) is 193 Å². The molecule has 8 aromatic rings. The molecule has 1 heterocycles. The van der Waals surface area contributed by atoms with E-state index in [0.29, 0.717) is 0 Å². The van der Waals surface area contributed by atoms with Crippen LogP contribution in [0.5, 0.6) is 0 Å². The third kappa shape index (κ3) is 4.40. The van der Waals surface area contributed by atoms with Gasteiger partial charge in [-0.2, -0.15) is 0 Å². The molecule has 1 atom stereocenters. The molecule has 0 amide bonds. The highest BCUT2D eigenvalue weighted by molar-refractivity contribution is 6.26. The summed E-state index contributed by atoms with van der Waals surface area (Å²) in [4.78, 5) is 2.53. The minimum absolute atomic E-state index is 0.264. The topological polar surface area (TPSA) is 3.24 Å². The number of hydrogen-bond acceptors (Lipinski definition) is 1. The van der Waals surface area contributed by atoms with Crippen LogP contribution in [0.2, 0.25) is 0 Å². The van der Waals surface area contributed by atoms with Crippen molar-refractivity contribution in [2.45, 2.75) is 12.5 Å². The second kappa shape index (κ2) is 11.2. The molecule has 0 N–H and O–H groups in total. The number of allylic oxidation sites excluding steroid dienone is 2.